The lowest BCUT2D eigenvalue weighted by Crippen LogP contribution is -2.34. The van der Waals surface area contributed by atoms with Gasteiger partial charge in [0, 0.05) is 18.2 Å². The van der Waals surface area contributed by atoms with Crippen molar-refractivity contribution < 1.29 is 9.18 Å². The Bertz CT molecular complexity index is 668. The van der Waals surface area contributed by atoms with E-state index in [9.17, 15) is 9.18 Å². The van der Waals surface area contributed by atoms with Gasteiger partial charge in [-0.1, -0.05) is 48.5 Å². The lowest BCUT2D eigenvalue weighted by molar-refractivity contribution is -0.117. The molecule has 0 fully saturated rings. The molecule has 4 heteroatoms. The first-order chi connectivity index (χ1) is 11.1. The molecule has 0 unspecified atom stereocenters. The van der Waals surface area contributed by atoms with Crippen molar-refractivity contribution in [1.82, 2.24) is 10.2 Å². The normalized spacial score (nSPS) is 12.5. The maximum absolute atomic E-state index is 13.5. The second-order valence-electron chi connectivity index (χ2n) is 5.59. The Morgan fingerprint density at radius 3 is 2.43 bits per heavy atom. The molecule has 23 heavy (non-hydrogen) atoms. The van der Waals surface area contributed by atoms with Gasteiger partial charge < -0.3 is 10.2 Å². The number of halogens is 1. The maximum Gasteiger partial charge on any atom is 0.244 e. The number of benzene rings is 2. The summed E-state index contributed by atoms with van der Waals surface area (Å²) in [6.45, 7) is 0.684. The number of hydrogen-bond acceptors (Lipinski definition) is 2. The van der Waals surface area contributed by atoms with Gasteiger partial charge in [0.05, 0.1) is 6.04 Å². The van der Waals surface area contributed by atoms with E-state index < -0.39 is 0 Å². The smallest absolute Gasteiger partial charge is 0.244 e. The van der Waals surface area contributed by atoms with Crippen LogP contribution in [0.4, 0.5) is 4.39 Å². The van der Waals surface area contributed by atoms with Crippen LogP contribution in [0, 0.1) is 5.82 Å². The van der Waals surface area contributed by atoms with Crippen LogP contribution in [0.1, 0.15) is 17.2 Å². The number of carbonyl (C=O) groups is 1. The highest BCUT2D eigenvalue weighted by Crippen LogP contribution is 2.14. The van der Waals surface area contributed by atoms with Crippen molar-refractivity contribution in [1.29, 1.82) is 0 Å². The van der Waals surface area contributed by atoms with Crippen LogP contribution in [-0.4, -0.2) is 31.4 Å². The molecule has 1 N–H and O–H groups in total. The average molecular weight is 312 g/mol. The Kier molecular flexibility index (Phi) is 6.06. The number of amides is 1. The maximum atomic E-state index is 13.5. The largest absolute Gasteiger partial charge is 0.344 e. The molecule has 120 valence electrons. The number of carbonyl (C=O) groups excluding carboxylic acids is 1. The standard InChI is InChI=1S/C19H21FN2O/c1-22(2)14-18(16-9-4-3-5-10-16)21-19(23)13-12-15-8-6-7-11-17(15)20/h3-13,18H,14H2,1-2H3,(H,21,23)/b13-12+/t18-/m1/s1. The molecule has 2 aromatic rings. The minimum Gasteiger partial charge on any atom is -0.344 e. The summed E-state index contributed by atoms with van der Waals surface area (Å²) in [5, 5.41) is 2.96. The van der Waals surface area contributed by atoms with E-state index in [2.05, 4.69) is 5.32 Å². The minimum atomic E-state index is -0.343. The van der Waals surface area contributed by atoms with E-state index in [1.54, 1.807) is 18.2 Å². The summed E-state index contributed by atoms with van der Waals surface area (Å²) < 4.78 is 13.5. The van der Waals surface area contributed by atoms with Gasteiger partial charge >= 0.3 is 0 Å². The van der Waals surface area contributed by atoms with E-state index in [0.29, 0.717) is 12.1 Å². The van der Waals surface area contributed by atoms with Crippen LogP contribution >= 0.6 is 0 Å². The van der Waals surface area contributed by atoms with E-state index in [1.165, 1.54) is 18.2 Å². The van der Waals surface area contributed by atoms with Crippen molar-refractivity contribution in [3.05, 3.63) is 77.6 Å². The summed E-state index contributed by atoms with van der Waals surface area (Å²) in [5.74, 6) is -0.589. The van der Waals surface area contributed by atoms with Crippen LogP contribution in [0.25, 0.3) is 6.08 Å². The van der Waals surface area contributed by atoms with Crippen LogP contribution < -0.4 is 5.32 Å². The van der Waals surface area contributed by atoms with Crippen LogP contribution in [0.5, 0.6) is 0 Å². The quantitative estimate of drug-likeness (QED) is 0.830. The number of nitrogens with one attached hydrogen (secondary N) is 1. The minimum absolute atomic E-state index is 0.121. The second-order valence-corrected chi connectivity index (χ2v) is 5.59. The van der Waals surface area contributed by atoms with Gasteiger partial charge in [-0.3, -0.25) is 4.79 Å². The van der Waals surface area contributed by atoms with Gasteiger partial charge in [0.15, 0.2) is 0 Å². The molecule has 0 saturated carbocycles. The molecule has 3 nitrogen and oxygen atoms in total. The summed E-state index contributed by atoms with van der Waals surface area (Å²) in [5.41, 5.74) is 1.43. The lowest BCUT2D eigenvalue weighted by atomic mass is 10.1. The topological polar surface area (TPSA) is 32.3 Å². The summed E-state index contributed by atoms with van der Waals surface area (Å²) in [6.07, 6.45) is 2.85. The number of nitrogens with zero attached hydrogens (tertiary/aromatic N) is 1. The van der Waals surface area contributed by atoms with E-state index >= 15 is 0 Å². The van der Waals surface area contributed by atoms with Crippen LogP contribution in [-0.2, 0) is 4.79 Å². The summed E-state index contributed by atoms with van der Waals surface area (Å²) in [6, 6.07) is 16.0. The first kappa shape index (κ1) is 16.9. The first-order valence-corrected chi connectivity index (χ1v) is 7.49. The fraction of sp³-hybridized carbons (Fsp3) is 0.211. The molecule has 1 atom stereocenters. The average Bonchev–Trinajstić information content (AvgIpc) is 2.54. The SMILES string of the molecule is CN(C)C[C@@H](NC(=O)/C=C/c1ccccc1F)c1ccccc1. The number of hydrogen-bond donors (Lipinski definition) is 1. The Hall–Kier alpha value is -2.46. The zero-order valence-corrected chi connectivity index (χ0v) is 13.4. The van der Waals surface area contributed by atoms with Crippen molar-refractivity contribution in [2.45, 2.75) is 6.04 Å². The third-order valence-corrected chi connectivity index (χ3v) is 3.39. The summed E-state index contributed by atoms with van der Waals surface area (Å²) >= 11 is 0. The van der Waals surface area contributed by atoms with E-state index in [-0.39, 0.29) is 17.8 Å². The van der Waals surface area contributed by atoms with Crippen molar-refractivity contribution in [3.63, 3.8) is 0 Å². The zero-order chi connectivity index (χ0) is 16.7. The molecule has 0 aromatic heterocycles. The second kappa shape index (κ2) is 8.25. The molecule has 0 aliphatic rings. The predicted octanol–water partition coefficient (Wildman–Crippen LogP) is 3.26. The highest BCUT2D eigenvalue weighted by atomic mass is 19.1. The van der Waals surface area contributed by atoms with Crippen molar-refractivity contribution >= 4 is 12.0 Å². The fourth-order valence-electron chi connectivity index (χ4n) is 2.28. The number of likely N-dealkylation sites (N-methyl/N-ethyl adjacent to an activating group) is 1. The molecule has 2 aromatic carbocycles. The molecule has 0 bridgehead atoms. The number of rotatable bonds is 6. The highest BCUT2D eigenvalue weighted by molar-refractivity contribution is 5.92. The van der Waals surface area contributed by atoms with Crippen molar-refractivity contribution in [2.75, 3.05) is 20.6 Å². The van der Waals surface area contributed by atoms with Gasteiger partial charge in [-0.2, -0.15) is 0 Å². The van der Waals surface area contributed by atoms with E-state index in [4.69, 9.17) is 0 Å². The van der Waals surface area contributed by atoms with Gasteiger partial charge in [0.25, 0.3) is 0 Å². The van der Waals surface area contributed by atoms with Crippen LogP contribution in [0.15, 0.2) is 60.7 Å². The van der Waals surface area contributed by atoms with Gasteiger partial charge in [-0.25, -0.2) is 4.39 Å². The molecular weight excluding hydrogens is 291 g/mol. The predicted molar refractivity (Wildman–Crippen MR) is 91.3 cm³/mol. The van der Waals surface area contributed by atoms with Crippen molar-refractivity contribution in [3.8, 4) is 0 Å². The Morgan fingerprint density at radius 1 is 1.13 bits per heavy atom. The molecular formula is C19H21FN2O. The molecule has 2 rings (SSSR count). The summed E-state index contributed by atoms with van der Waals surface area (Å²) in [7, 11) is 3.91. The molecule has 0 aliphatic heterocycles. The molecule has 0 aliphatic carbocycles. The molecule has 1 amide bonds. The van der Waals surface area contributed by atoms with Crippen molar-refractivity contribution in [2.24, 2.45) is 0 Å². The lowest BCUT2D eigenvalue weighted by Gasteiger charge is -2.22. The third kappa shape index (κ3) is 5.34. The molecule has 0 saturated heterocycles. The first-order valence-electron chi connectivity index (χ1n) is 7.49. The van der Waals surface area contributed by atoms with E-state index in [1.807, 2.05) is 49.3 Å². The third-order valence-electron chi connectivity index (χ3n) is 3.39. The molecule has 0 radical (unpaired) electrons. The summed E-state index contributed by atoms with van der Waals surface area (Å²) in [4.78, 5) is 14.2. The highest BCUT2D eigenvalue weighted by Gasteiger charge is 2.14. The van der Waals surface area contributed by atoms with Gasteiger partial charge in [0.1, 0.15) is 5.82 Å². The van der Waals surface area contributed by atoms with Crippen LogP contribution in [0.2, 0.25) is 0 Å². The Morgan fingerprint density at radius 2 is 1.78 bits per heavy atom. The zero-order valence-electron chi connectivity index (χ0n) is 13.4. The Labute approximate surface area is 136 Å². The van der Waals surface area contributed by atoms with Crippen LogP contribution in [0.3, 0.4) is 0 Å². The van der Waals surface area contributed by atoms with Gasteiger partial charge in [-0.05, 0) is 31.8 Å². The van der Waals surface area contributed by atoms with Gasteiger partial charge in [0.2, 0.25) is 5.91 Å². The van der Waals surface area contributed by atoms with E-state index in [0.717, 1.165) is 5.56 Å². The molecule has 0 spiro atoms. The monoisotopic (exact) mass is 312 g/mol. The molecule has 0 heterocycles. The fourth-order valence-corrected chi connectivity index (χ4v) is 2.28. The Balaban J connectivity index is 2.07. The van der Waals surface area contributed by atoms with Gasteiger partial charge in [-0.15, -0.1) is 0 Å².